The van der Waals surface area contributed by atoms with Gasteiger partial charge in [0.2, 0.25) is 0 Å². The van der Waals surface area contributed by atoms with Crippen LogP contribution in [0.3, 0.4) is 0 Å². The largest absolute Gasteiger partial charge is 0.312 e. The van der Waals surface area contributed by atoms with Crippen LogP contribution in [0.1, 0.15) is 38.6 Å². The zero-order valence-corrected chi connectivity index (χ0v) is 18.6. The monoisotopic (exact) mass is 444 g/mol. The van der Waals surface area contributed by atoms with E-state index in [4.69, 9.17) is 0 Å². The molecule has 168 valence electrons. The number of benzene rings is 2. The molecule has 1 N–H and O–H groups in total. The Morgan fingerprint density at radius 1 is 0.939 bits per heavy atom. The standard InChI is InChI=1S/C24H24N6O3/c1-16-13-22(27-28(16)14-19-7-5-4-6-8-19)25-24(31)21-11-9-20(10-12-21)15-29-18(3)23(30(32)33)17(2)26-29/h4-13H,14-15H2,1-3H3,(H,25,27,31). The van der Waals surface area contributed by atoms with Crippen LogP contribution in [0.15, 0.2) is 60.7 Å². The Hall–Kier alpha value is -4.27. The third-order valence-electron chi connectivity index (χ3n) is 5.47. The lowest BCUT2D eigenvalue weighted by molar-refractivity contribution is -0.386. The van der Waals surface area contributed by atoms with Crippen LogP contribution in [-0.2, 0) is 13.1 Å². The van der Waals surface area contributed by atoms with Crippen LogP contribution in [0.25, 0.3) is 0 Å². The minimum atomic E-state index is -0.412. The zero-order chi connectivity index (χ0) is 23.5. The Labute approximate surface area is 190 Å². The van der Waals surface area contributed by atoms with Gasteiger partial charge in [-0.1, -0.05) is 42.5 Å². The second-order valence-electron chi connectivity index (χ2n) is 7.90. The van der Waals surface area contributed by atoms with Crippen LogP contribution in [0.2, 0.25) is 0 Å². The van der Waals surface area contributed by atoms with E-state index in [1.165, 1.54) is 0 Å². The van der Waals surface area contributed by atoms with Gasteiger partial charge in [-0.15, -0.1) is 0 Å². The molecule has 0 aliphatic carbocycles. The topological polar surface area (TPSA) is 108 Å². The van der Waals surface area contributed by atoms with E-state index in [-0.39, 0.29) is 11.6 Å². The zero-order valence-electron chi connectivity index (χ0n) is 18.6. The summed E-state index contributed by atoms with van der Waals surface area (Å²) in [5.41, 5.74) is 4.38. The summed E-state index contributed by atoms with van der Waals surface area (Å²) in [6.45, 7) is 6.26. The van der Waals surface area contributed by atoms with Gasteiger partial charge < -0.3 is 5.32 Å². The molecule has 0 aliphatic heterocycles. The maximum Gasteiger partial charge on any atom is 0.312 e. The van der Waals surface area contributed by atoms with Crippen molar-refractivity contribution < 1.29 is 9.72 Å². The van der Waals surface area contributed by atoms with Crippen LogP contribution in [0, 0.1) is 30.9 Å². The highest BCUT2D eigenvalue weighted by Crippen LogP contribution is 2.22. The van der Waals surface area contributed by atoms with Crippen molar-refractivity contribution in [1.82, 2.24) is 19.6 Å². The molecule has 2 heterocycles. The first-order valence-electron chi connectivity index (χ1n) is 10.5. The molecule has 0 atom stereocenters. The first-order chi connectivity index (χ1) is 15.8. The van der Waals surface area contributed by atoms with Gasteiger partial charge in [-0.05, 0) is 44.0 Å². The van der Waals surface area contributed by atoms with Crippen LogP contribution in [-0.4, -0.2) is 30.4 Å². The number of anilines is 1. The van der Waals surface area contributed by atoms with Crippen LogP contribution in [0.4, 0.5) is 11.5 Å². The van der Waals surface area contributed by atoms with Crippen molar-refractivity contribution in [3.05, 3.63) is 105 Å². The van der Waals surface area contributed by atoms with E-state index in [1.54, 1.807) is 30.7 Å². The fourth-order valence-electron chi connectivity index (χ4n) is 3.72. The quantitative estimate of drug-likeness (QED) is 0.338. The van der Waals surface area contributed by atoms with Gasteiger partial charge in [-0.25, -0.2) is 0 Å². The van der Waals surface area contributed by atoms with Gasteiger partial charge in [0.1, 0.15) is 11.4 Å². The summed E-state index contributed by atoms with van der Waals surface area (Å²) in [5.74, 6) is 0.236. The third kappa shape index (κ3) is 4.82. The smallest absolute Gasteiger partial charge is 0.305 e. The number of amides is 1. The minimum absolute atomic E-state index is 0.0352. The Balaban J connectivity index is 1.42. The van der Waals surface area contributed by atoms with E-state index < -0.39 is 4.92 Å². The molecule has 0 saturated carbocycles. The van der Waals surface area contributed by atoms with Crippen molar-refractivity contribution >= 4 is 17.4 Å². The molecular formula is C24H24N6O3. The molecule has 4 aromatic rings. The SMILES string of the molecule is Cc1nn(Cc2ccc(C(=O)Nc3cc(C)n(Cc4ccccc4)n3)cc2)c(C)c1[N+](=O)[O-]. The lowest BCUT2D eigenvalue weighted by Crippen LogP contribution is -2.13. The molecule has 2 aromatic carbocycles. The van der Waals surface area contributed by atoms with Gasteiger partial charge in [0.05, 0.1) is 18.0 Å². The number of nitrogens with one attached hydrogen (secondary N) is 1. The highest BCUT2D eigenvalue weighted by molar-refractivity contribution is 6.03. The molecule has 9 nitrogen and oxygen atoms in total. The highest BCUT2D eigenvalue weighted by atomic mass is 16.6. The number of aromatic nitrogens is 4. The maximum absolute atomic E-state index is 12.7. The predicted molar refractivity (Wildman–Crippen MR) is 124 cm³/mol. The normalized spacial score (nSPS) is 10.9. The molecule has 2 aromatic heterocycles. The second kappa shape index (κ2) is 9.07. The van der Waals surface area contributed by atoms with Crippen molar-refractivity contribution in [2.75, 3.05) is 5.32 Å². The summed E-state index contributed by atoms with van der Waals surface area (Å²) >= 11 is 0. The number of rotatable bonds is 7. The average molecular weight is 444 g/mol. The minimum Gasteiger partial charge on any atom is -0.305 e. The number of nitrogens with zero attached hydrogens (tertiary/aromatic N) is 5. The van der Waals surface area contributed by atoms with Crippen molar-refractivity contribution in [1.29, 1.82) is 0 Å². The lowest BCUT2D eigenvalue weighted by atomic mass is 10.1. The molecule has 0 radical (unpaired) electrons. The van der Waals surface area contributed by atoms with Gasteiger partial charge in [-0.3, -0.25) is 24.3 Å². The number of carbonyl (C=O) groups is 1. The van der Waals surface area contributed by atoms with E-state index in [0.717, 1.165) is 16.8 Å². The molecule has 0 spiro atoms. The van der Waals surface area contributed by atoms with Crippen LogP contribution in [0.5, 0.6) is 0 Å². The van der Waals surface area contributed by atoms with Gasteiger partial charge in [0, 0.05) is 17.3 Å². The Morgan fingerprint density at radius 3 is 2.21 bits per heavy atom. The Bertz CT molecular complexity index is 1310. The predicted octanol–water partition coefficient (Wildman–Crippen LogP) is 4.26. The molecule has 4 rings (SSSR count). The van der Waals surface area contributed by atoms with Gasteiger partial charge >= 0.3 is 5.69 Å². The third-order valence-corrected chi connectivity index (χ3v) is 5.47. The first-order valence-corrected chi connectivity index (χ1v) is 10.5. The van der Waals surface area contributed by atoms with Gasteiger partial charge in [-0.2, -0.15) is 10.2 Å². The van der Waals surface area contributed by atoms with E-state index >= 15 is 0 Å². The molecule has 1 amide bonds. The molecule has 0 bridgehead atoms. The summed E-state index contributed by atoms with van der Waals surface area (Å²) in [4.78, 5) is 23.5. The number of carbonyl (C=O) groups excluding carboxylic acids is 1. The van der Waals surface area contributed by atoms with Crippen LogP contribution >= 0.6 is 0 Å². The molecule has 33 heavy (non-hydrogen) atoms. The van der Waals surface area contributed by atoms with E-state index in [1.807, 2.05) is 60.1 Å². The summed E-state index contributed by atoms with van der Waals surface area (Å²) in [5, 5.41) is 22.8. The first kappa shape index (κ1) is 21.9. The van der Waals surface area contributed by atoms with Crippen molar-refractivity contribution in [2.24, 2.45) is 0 Å². The fraction of sp³-hybridized carbons (Fsp3) is 0.208. The molecule has 0 saturated heterocycles. The van der Waals surface area contributed by atoms with Crippen molar-refractivity contribution in [3.8, 4) is 0 Å². The number of aryl methyl sites for hydroxylation is 2. The summed E-state index contributed by atoms with van der Waals surface area (Å²) < 4.78 is 3.45. The summed E-state index contributed by atoms with van der Waals surface area (Å²) in [6.07, 6.45) is 0. The Morgan fingerprint density at radius 2 is 1.58 bits per heavy atom. The molecule has 9 heteroatoms. The number of hydrogen-bond acceptors (Lipinski definition) is 5. The van der Waals surface area contributed by atoms with Gasteiger partial charge in [0.15, 0.2) is 5.82 Å². The molecule has 0 fully saturated rings. The molecular weight excluding hydrogens is 420 g/mol. The van der Waals surface area contributed by atoms with E-state index in [0.29, 0.717) is 35.9 Å². The lowest BCUT2D eigenvalue weighted by Gasteiger charge is -2.06. The van der Waals surface area contributed by atoms with E-state index in [9.17, 15) is 14.9 Å². The van der Waals surface area contributed by atoms with Crippen molar-refractivity contribution in [3.63, 3.8) is 0 Å². The second-order valence-corrected chi connectivity index (χ2v) is 7.90. The Kier molecular flexibility index (Phi) is 6.03. The average Bonchev–Trinajstić information content (AvgIpc) is 3.26. The van der Waals surface area contributed by atoms with Gasteiger partial charge in [0.25, 0.3) is 5.91 Å². The number of hydrogen-bond donors (Lipinski definition) is 1. The summed E-state index contributed by atoms with van der Waals surface area (Å²) in [6, 6.07) is 18.9. The molecule has 0 aliphatic rings. The summed E-state index contributed by atoms with van der Waals surface area (Å²) in [7, 11) is 0. The highest BCUT2D eigenvalue weighted by Gasteiger charge is 2.21. The molecule has 0 unspecified atom stereocenters. The van der Waals surface area contributed by atoms with Crippen LogP contribution < -0.4 is 5.32 Å². The van der Waals surface area contributed by atoms with E-state index in [2.05, 4.69) is 15.5 Å². The fourth-order valence-corrected chi connectivity index (χ4v) is 3.72. The maximum atomic E-state index is 12.7. The number of nitro groups is 1. The van der Waals surface area contributed by atoms with Crippen molar-refractivity contribution in [2.45, 2.75) is 33.9 Å².